The van der Waals surface area contributed by atoms with Crippen LogP contribution in [0.2, 0.25) is 0 Å². The van der Waals surface area contributed by atoms with Crippen LogP contribution in [0.4, 0.5) is 5.69 Å². The SMILES string of the molecule is CC(C)C[C@@H](C#N)NC(=O)[C@@H]1CCCCC1NC(=O)c1ccc(N2CCSCC2)cc1. The largest absolute Gasteiger partial charge is 0.370 e. The second-order valence-electron chi connectivity index (χ2n) is 8.94. The molecular weight excluding hydrogens is 408 g/mol. The minimum Gasteiger partial charge on any atom is -0.370 e. The van der Waals surface area contributed by atoms with Crippen molar-refractivity contribution in [2.24, 2.45) is 11.8 Å². The lowest BCUT2D eigenvalue weighted by atomic mass is 9.83. The number of amides is 2. The molecule has 7 heteroatoms. The van der Waals surface area contributed by atoms with Gasteiger partial charge in [0.2, 0.25) is 5.91 Å². The van der Waals surface area contributed by atoms with E-state index in [1.807, 2.05) is 49.9 Å². The molecular formula is C24H34N4O2S. The van der Waals surface area contributed by atoms with Gasteiger partial charge in [-0.25, -0.2) is 0 Å². The number of thioether (sulfide) groups is 1. The Morgan fingerprint density at radius 2 is 1.84 bits per heavy atom. The van der Waals surface area contributed by atoms with Crippen LogP contribution in [0.5, 0.6) is 0 Å². The summed E-state index contributed by atoms with van der Waals surface area (Å²) in [5.41, 5.74) is 1.77. The Morgan fingerprint density at radius 1 is 1.16 bits per heavy atom. The van der Waals surface area contributed by atoms with Crippen LogP contribution in [0, 0.1) is 23.2 Å². The van der Waals surface area contributed by atoms with Gasteiger partial charge in [-0.15, -0.1) is 0 Å². The lowest BCUT2D eigenvalue weighted by Crippen LogP contribution is -2.50. The fourth-order valence-electron chi connectivity index (χ4n) is 4.41. The van der Waals surface area contributed by atoms with Crippen molar-refractivity contribution in [1.29, 1.82) is 5.26 Å². The maximum Gasteiger partial charge on any atom is 0.251 e. The zero-order chi connectivity index (χ0) is 22.2. The maximum atomic E-state index is 12.9. The molecule has 1 saturated carbocycles. The molecule has 2 amide bonds. The van der Waals surface area contributed by atoms with Crippen molar-refractivity contribution in [2.75, 3.05) is 29.5 Å². The number of nitriles is 1. The molecule has 1 unspecified atom stereocenters. The van der Waals surface area contributed by atoms with E-state index in [9.17, 15) is 14.9 Å². The van der Waals surface area contributed by atoms with E-state index in [-0.39, 0.29) is 23.8 Å². The Bertz CT molecular complexity index is 784. The molecule has 3 atom stereocenters. The molecule has 1 aliphatic heterocycles. The van der Waals surface area contributed by atoms with Crippen LogP contribution < -0.4 is 15.5 Å². The van der Waals surface area contributed by atoms with E-state index in [1.54, 1.807) is 0 Å². The summed E-state index contributed by atoms with van der Waals surface area (Å²) in [6.07, 6.45) is 4.12. The number of nitrogens with one attached hydrogen (secondary N) is 2. The molecule has 3 rings (SSSR count). The smallest absolute Gasteiger partial charge is 0.251 e. The normalized spacial score (nSPS) is 22.5. The first kappa shape index (κ1) is 23.5. The molecule has 1 aromatic carbocycles. The highest BCUT2D eigenvalue weighted by Gasteiger charge is 2.33. The van der Waals surface area contributed by atoms with Crippen LogP contribution in [-0.4, -0.2) is 48.5 Å². The van der Waals surface area contributed by atoms with Crippen LogP contribution in [0.3, 0.4) is 0 Å². The molecule has 0 spiro atoms. The number of carbonyl (C=O) groups excluding carboxylic acids is 2. The predicted octanol–water partition coefficient (Wildman–Crippen LogP) is 3.58. The van der Waals surface area contributed by atoms with Gasteiger partial charge in [0.1, 0.15) is 6.04 Å². The zero-order valence-corrected chi connectivity index (χ0v) is 19.4. The molecule has 31 heavy (non-hydrogen) atoms. The molecule has 1 saturated heterocycles. The quantitative estimate of drug-likeness (QED) is 0.674. The Morgan fingerprint density at radius 3 is 2.48 bits per heavy atom. The number of benzene rings is 1. The number of anilines is 1. The van der Waals surface area contributed by atoms with Gasteiger partial charge in [-0.3, -0.25) is 9.59 Å². The first-order valence-corrected chi connectivity index (χ1v) is 12.6. The molecule has 0 aromatic heterocycles. The number of hydrogen-bond acceptors (Lipinski definition) is 5. The zero-order valence-electron chi connectivity index (χ0n) is 18.6. The Kier molecular flexibility index (Phi) is 8.65. The van der Waals surface area contributed by atoms with Crippen LogP contribution in [-0.2, 0) is 4.79 Å². The summed E-state index contributed by atoms with van der Waals surface area (Å²) >= 11 is 1.97. The van der Waals surface area contributed by atoms with Crippen LogP contribution in [0.25, 0.3) is 0 Å². The van der Waals surface area contributed by atoms with E-state index in [2.05, 4.69) is 21.6 Å². The van der Waals surface area contributed by atoms with Crippen LogP contribution in [0.1, 0.15) is 56.3 Å². The highest BCUT2D eigenvalue weighted by Crippen LogP contribution is 2.26. The summed E-state index contributed by atoms with van der Waals surface area (Å²) < 4.78 is 0. The number of carbonyl (C=O) groups is 2. The Balaban J connectivity index is 1.60. The molecule has 0 radical (unpaired) electrons. The van der Waals surface area contributed by atoms with E-state index in [1.165, 1.54) is 0 Å². The molecule has 2 aliphatic rings. The summed E-state index contributed by atoms with van der Waals surface area (Å²) in [6, 6.07) is 9.29. The van der Waals surface area contributed by atoms with E-state index in [0.717, 1.165) is 56.0 Å². The van der Waals surface area contributed by atoms with Crippen LogP contribution >= 0.6 is 11.8 Å². The van der Waals surface area contributed by atoms with Gasteiger partial charge in [-0.2, -0.15) is 17.0 Å². The summed E-state index contributed by atoms with van der Waals surface area (Å²) in [4.78, 5) is 28.1. The topological polar surface area (TPSA) is 85.2 Å². The van der Waals surface area contributed by atoms with Crippen molar-refractivity contribution < 1.29 is 9.59 Å². The summed E-state index contributed by atoms with van der Waals surface area (Å²) in [7, 11) is 0. The van der Waals surface area contributed by atoms with Gasteiger partial charge in [0.05, 0.1) is 12.0 Å². The lowest BCUT2D eigenvalue weighted by Gasteiger charge is -2.32. The van der Waals surface area contributed by atoms with E-state index < -0.39 is 6.04 Å². The molecule has 2 N–H and O–H groups in total. The highest BCUT2D eigenvalue weighted by molar-refractivity contribution is 7.99. The molecule has 2 fully saturated rings. The average molecular weight is 443 g/mol. The summed E-state index contributed by atoms with van der Waals surface area (Å²) in [5, 5.41) is 15.4. The standard InChI is InChI=1S/C24H34N4O2S/c1-17(2)15-19(16-25)26-24(30)21-5-3-4-6-22(21)27-23(29)18-7-9-20(10-8-18)28-11-13-31-14-12-28/h7-10,17,19,21-22H,3-6,11-15H2,1-2H3,(H,26,30)(H,27,29)/t19-,21+,22?/m0/s1. The van der Waals surface area contributed by atoms with Crippen molar-refractivity contribution in [1.82, 2.24) is 10.6 Å². The molecule has 0 bridgehead atoms. The van der Waals surface area contributed by atoms with Gasteiger partial charge in [-0.05, 0) is 49.4 Å². The van der Waals surface area contributed by atoms with Gasteiger partial charge >= 0.3 is 0 Å². The monoisotopic (exact) mass is 442 g/mol. The first-order chi connectivity index (χ1) is 15.0. The molecule has 1 aliphatic carbocycles. The molecule has 168 valence electrons. The minimum absolute atomic E-state index is 0.115. The fourth-order valence-corrected chi connectivity index (χ4v) is 5.31. The fraction of sp³-hybridized carbons (Fsp3) is 0.625. The third-order valence-corrected chi connectivity index (χ3v) is 7.05. The number of rotatable bonds is 7. The van der Waals surface area contributed by atoms with Gasteiger partial charge in [-0.1, -0.05) is 26.7 Å². The first-order valence-electron chi connectivity index (χ1n) is 11.4. The number of hydrogen-bond donors (Lipinski definition) is 2. The second-order valence-corrected chi connectivity index (χ2v) is 10.2. The van der Waals surface area contributed by atoms with E-state index >= 15 is 0 Å². The summed E-state index contributed by atoms with van der Waals surface area (Å²) in [5.74, 6) is 2.07. The maximum absolute atomic E-state index is 12.9. The van der Waals surface area contributed by atoms with Gasteiger partial charge in [0, 0.05) is 41.9 Å². The minimum atomic E-state index is -0.480. The van der Waals surface area contributed by atoms with Gasteiger partial charge < -0.3 is 15.5 Å². The van der Waals surface area contributed by atoms with Crippen molar-refractivity contribution in [2.45, 2.75) is 58.0 Å². The predicted molar refractivity (Wildman–Crippen MR) is 126 cm³/mol. The van der Waals surface area contributed by atoms with Gasteiger partial charge in [0.25, 0.3) is 5.91 Å². The van der Waals surface area contributed by atoms with Crippen molar-refractivity contribution in [3.8, 4) is 6.07 Å². The van der Waals surface area contributed by atoms with E-state index in [0.29, 0.717) is 17.9 Å². The second kappa shape index (κ2) is 11.4. The van der Waals surface area contributed by atoms with Crippen molar-refractivity contribution >= 4 is 29.3 Å². The molecule has 1 heterocycles. The lowest BCUT2D eigenvalue weighted by molar-refractivity contribution is -0.127. The van der Waals surface area contributed by atoms with Crippen molar-refractivity contribution in [3.63, 3.8) is 0 Å². The molecule has 6 nitrogen and oxygen atoms in total. The molecule has 1 aromatic rings. The Hall–Kier alpha value is -2.20. The van der Waals surface area contributed by atoms with Gasteiger partial charge in [0.15, 0.2) is 0 Å². The third kappa shape index (κ3) is 6.64. The number of nitrogens with zero attached hydrogens (tertiary/aromatic N) is 2. The van der Waals surface area contributed by atoms with Crippen molar-refractivity contribution in [3.05, 3.63) is 29.8 Å². The van der Waals surface area contributed by atoms with Crippen LogP contribution in [0.15, 0.2) is 24.3 Å². The summed E-state index contributed by atoms with van der Waals surface area (Å²) in [6.45, 7) is 6.15. The Labute approximate surface area is 190 Å². The highest BCUT2D eigenvalue weighted by atomic mass is 32.2. The van der Waals surface area contributed by atoms with E-state index in [4.69, 9.17) is 0 Å². The third-order valence-electron chi connectivity index (χ3n) is 6.10. The average Bonchev–Trinajstić information content (AvgIpc) is 2.79.